The number of aliphatic hydroxyl groups is 1. The third-order valence-corrected chi connectivity index (χ3v) is 3.75. The topological polar surface area (TPSA) is 50.2 Å². The molecule has 1 N–H and O–H groups in total. The van der Waals surface area contributed by atoms with Gasteiger partial charge in [-0.2, -0.15) is 0 Å². The van der Waals surface area contributed by atoms with Gasteiger partial charge in [-0.15, -0.1) is 0 Å². The number of ketones is 1. The summed E-state index contributed by atoms with van der Waals surface area (Å²) < 4.78 is 0. The average molecular weight is 273 g/mol. The molecule has 1 aromatic heterocycles. The lowest BCUT2D eigenvalue weighted by Crippen LogP contribution is -2.00. The van der Waals surface area contributed by atoms with Gasteiger partial charge in [0, 0.05) is 16.5 Å². The third-order valence-electron chi connectivity index (χ3n) is 3.75. The van der Waals surface area contributed by atoms with Crippen molar-refractivity contribution in [2.24, 2.45) is 0 Å². The number of aliphatic hydroxyl groups excluding tert-OH is 1. The Labute approximate surface area is 121 Å². The summed E-state index contributed by atoms with van der Waals surface area (Å²) in [5.74, 6) is -0.163. The van der Waals surface area contributed by atoms with Crippen molar-refractivity contribution < 1.29 is 9.90 Å². The van der Waals surface area contributed by atoms with Crippen molar-refractivity contribution in [3.63, 3.8) is 0 Å². The van der Waals surface area contributed by atoms with Crippen molar-refractivity contribution in [3.05, 3.63) is 77.5 Å². The van der Waals surface area contributed by atoms with E-state index in [9.17, 15) is 9.90 Å². The number of carbonyl (C=O) groups is 1. The number of para-hydroxylation sites is 1. The molecule has 100 valence electrons. The molecule has 1 heterocycles. The van der Waals surface area contributed by atoms with E-state index in [0.717, 1.165) is 10.9 Å². The van der Waals surface area contributed by atoms with Crippen LogP contribution in [0.1, 0.15) is 21.6 Å². The highest BCUT2D eigenvalue weighted by Crippen LogP contribution is 2.36. The van der Waals surface area contributed by atoms with Gasteiger partial charge < -0.3 is 5.11 Å². The minimum atomic E-state index is -0.175. The van der Waals surface area contributed by atoms with Crippen LogP contribution in [0.25, 0.3) is 22.2 Å². The average Bonchev–Trinajstić information content (AvgIpc) is 2.79. The van der Waals surface area contributed by atoms with E-state index in [1.54, 1.807) is 30.3 Å². The molecule has 0 unspecified atom stereocenters. The lowest BCUT2D eigenvalue weighted by Gasteiger charge is -2.03. The van der Waals surface area contributed by atoms with E-state index >= 15 is 0 Å². The first-order chi connectivity index (χ1) is 10.3. The summed E-state index contributed by atoms with van der Waals surface area (Å²) in [4.78, 5) is 17.0. The highest BCUT2D eigenvalue weighted by Gasteiger charge is 2.31. The molecule has 3 heteroatoms. The first-order valence-electron chi connectivity index (χ1n) is 6.69. The van der Waals surface area contributed by atoms with Gasteiger partial charge in [0.25, 0.3) is 0 Å². The van der Waals surface area contributed by atoms with Crippen LogP contribution in [0.5, 0.6) is 0 Å². The van der Waals surface area contributed by atoms with Crippen molar-refractivity contribution in [1.82, 2.24) is 4.98 Å². The van der Waals surface area contributed by atoms with E-state index in [-0.39, 0.29) is 17.1 Å². The molecule has 0 bridgehead atoms. The molecule has 1 aliphatic rings. The highest BCUT2D eigenvalue weighted by molar-refractivity contribution is 6.38. The number of Topliss-reactive ketones (excluding diaryl/α,β-unsaturated/α-hetero) is 1. The predicted octanol–water partition coefficient (Wildman–Crippen LogP) is 3.86. The molecule has 4 rings (SSSR count). The molecule has 3 aromatic rings. The van der Waals surface area contributed by atoms with Crippen LogP contribution in [0.3, 0.4) is 0 Å². The Balaban J connectivity index is 1.93. The van der Waals surface area contributed by atoms with Crippen LogP contribution in [0.4, 0.5) is 0 Å². The van der Waals surface area contributed by atoms with Gasteiger partial charge in [-0.1, -0.05) is 48.5 Å². The number of benzene rings is 2. The molecule has 0 saturated carbocycles. The largest absolute Gasteiger partial charge is 0.506 e. The second-order valence-corrected chi connectivity index (χ2v) is 4.99. The van der Waals surface area contributed by atoms with E-state index in [1.165, 1.54) is 0 Å². The van der Waals surface area contributed by atoms with Crippen molar-refractivity contribution >= 4 is 28.0 Å². The van der Waals surface area contributed by atoms with Crippen LogP contribution in [0.2, 0.25) is 0 Å². The molecule has 1 aliphatic carbocycles. The number of rotatable bonds is 1. The molecule has 0 radical (unpaired) electrons. The Morgan fingerprint density at radius 3 is 2.33 bits per heavy atom. The first-order valence-corrected chi connectivity index (χ1v) is 6.69. The number of hydrogen-bond donors (Lipinski definition) is 1. The van der Waals surface area contributed by atoms with Crippen molar-refractivity contribution in [3.8, 4) is 0 Å². The van der Waals surface area contributed by atoms with E-state index in [2.05, 4.69) is 4.98 Å². The highest BCUT2D eigenvalue weighted by atomic mass is 16.3. The summed E-state index contributed by atoms with van der Waals surface area (Å²) in [5.41, 5.74) is 2.70. The number of nitrogens with zero attached hydrogens (tertiary/aromatic N) is 1. The number of fused-ring (bicyclic) bond motifs is 2. The summed E-state index contributed by atoms with van der Waals surface area (Å²) in [6, 6.07) is 18.5. The normalized spacial score (nSPS) is 13.8. The van der Waals surface area contributed by atoms with E-state index < -0.39 is 0 Å². The number of hydrogen-bond acceptors (Lipinski definition) is 3. The maximum Gasteiger partial charge on any atom is 0.199 e. The van der Waals surface area contributed by atoms with Gasteiger partial charge >= 0.3 is 0 Å². The molecule has 0 atom stereocenters. The molecule has 3 nitrogen and oxygen atoms in total. The quantitative estimate of drug-likeness (QED) is 0.732. The third kappa shape index (κ3) is 1.68. The van der Waals surface area contributed by atoms with Gasteiger partial charge in [0.1, 0.15) is 5.76 Å². The van der Waals surface area contributed by atoms with Gasteiger partial charge in [-0.25, -0.2) is 4.98 Å². The molecular weight excluding hydrogens is 262 g/mol. The summed E-state index contributed by atoms with van der Waals surface area (Å²) in [7, 11) is 0. The number of allylic oxidation sites excluding steroid dienone is 1. The van der Waals surface area contributed by atoms with Crippen LogP contribution < -0.4 is 0 Å². The Morgan fingerprint density at radius 1 is 0.810 bits per heavy atom. The van der Waals surface area contributed by atoms with E-state index in [1.807, 2.05) is 30.3 Å². The SMILES string of the molecule is O=C1C(c2ccc3ccccc3n2)=C(O)c2ccccc21. The van der Waals surface area contributed by atoms with Gasteiger partial charge in [-0.3, -0.25) is 4.79 Å². The Bertz CT molecular complexity index is 925. The second kappa shape index (κ2) is 4.28. The number of aromatic nitrogens is 1. The fraction of sp³-hybridized carbons (Fsp3) is 0. The number of carbonyl (C=O) groups excluding carboxylic acids is 1. The van der Waals surface area contributed by atoms with Crippen molar-refractivity contribution in [1.29, 1.82) is 0 Å². The van der Waals surface area contributed by atoms with Crippen LogP contribution in [0.15, 0.2) is 60.7 Å². The summed E-state index contributed by atoms with van der Waals surface area (Å²) in [5, 5.41) is 11.4. The number of pyridine rings is 1. The molecule has 0 aliphatic heterocycles. The molecule has 0 amide bonds. The second-order valence-electron chi connectivity index (χ2n) is 4.99. The smallest absolute Gasteiger partial charge is 0.199 e. The molecule has 2 aromatic carbocycles. The van der Waals surface area contributed by atoms with Crippen molar-refractivity contribution in [2.75, 3.05) is 0 Å². The van der Waals surface area contributed by atoms with Crippen molar-refractivity contribution in [2.45, 2.75) is 0 Å². The van der Waals surface area contributed by atoms with Crippen LogP contribution >= 0.6 is 0 Å². The van der Waals surface area contributed by atoms with Gasteiger partial charge in [0.2, 0.25) is 0 Å². The summed E-state index contributed by atoms with van der Waals surface area (Å²) in [6.07, 6.45) is 0. The lowest BCUT2D eigenvalue weighted by molar-refractivity contribution is 0.105. The molecule has 0 saturated heterocycles. The molecule has 21 heavy (non-hydrogen) atoms. The fourth-order valence-electron chi connectivity index (χ4n) is 2.71. The maximum atomic E-state index is 12.5. The standard InChI is InChI=1S/C18H11NO2/c20-17-12-6-2-3-7-13(12)18(21)16(17)15-10-9-11-5-1-4-8-14(11)19-15/h1-10,20H. The Morgan fingerprint density at radius 2 is 1.52 bits per heavy atom. The van der Waals surface area contributed by atoms with Gasteiger partial charge in [0.15, 0.2) is 5.78 Å². The molecule has 0 spiro atoms. The first kappa shape index (κ1) is 11.9. The summed E-state index contributed by atoms with van der Waals surface area (Å²) >= 11 is 0. The monoisotopic (exact) mass is 273 g/mol. The minimum absolute atomic E-state index is 0.0124. The fourth-order valence-corrected chi connectivity index (χ4v) is 2.71. The van der Waals surface area contributed by atoms with Gasteiger partial charge in [0.05, 0.1) is 16.8 Å². The zero-order chi connectivity index (χ0) is 14.4. The van der Waals surface area contributed by atoms with E-state index in [4.69, 9.17) is 0 Å². The Hall–Kier alpha value is -2.94. The lowest BCUT2D eigenvalue weighted by atomic mass is 10.1. The van der Waals surface area contributed by atoms with E-state index in [0.29, 0.717) is 16.8 Å². The van der Waals surface area contributed by atoms with Crippen LogP contribution in [-0.4, -0.2) is 15.9 Å². The zero-order valence-electron chi connectivity index (χ0n) is 11.1. The van der Waals surface area contributed by atoms with Crippen LogP contribution in [-0.2, 0) is 0 Å². The maximum absolute atomic E-state index is 12.5. The summed E-state index contributed by atoms with van der Waals surface area (Å²) in [6.45, 7) is 0. The Kier molecular flexibility index (Phi) is 2.42. The van der Waals surface area contributed by atoms with Crippen LogP contribution in [0, 0.1) is 0 Å². The molecule has 0 fully saturated rings. The minimum Gasteiger partial charge on any atom is -0.506 e. The zero-order valence-corrected chi connectivity index (χ0v) is 11.1. The predicted molar refractivity (Wildman–Crippen MR) is 82.0 cm³/mol. The van der Waals surface area contributed by atoms with Gasteiger partial charge in [-0.05, 0) is 12.1 Å². The molecular formula is C18H11NO2.